The number of hydrogen-bond acceptors (Lipinski definition) is 5. The Morgan fingerprint density at radius 1 is 1.53 bits per heavy atom. The Bertz CT molecular complexity index is 487. The number of benzene rings is 1. The molecule has 0 spiro atoms. The highest BCUT2D eigenvalue weighted by Crippen LogP contribution is 2.28. The lowest BCUT2D eigenvalue weighted by atomic mass is 10.1. The fourth-order valence-corrected chi connectivity index (χ4v) is 1.74. The summed E-state index contributed by atoms with van der Waals surface area (Å²) in [5, 5.41) is 7.09. The number of halogens is 1. The summed E-state index contributed by atoms with van der Waals surface area (Å²) in [6.45, 7) is 0. The number of rotatable bonds is 4. The van der Waals surface area contributed by atoms with Crippen LogP contribution in [0.3, 0.4) is 0 Å². The number of hydrogen-bond donors (Lipinski definition) is 3. The molecule has 0 fully saturated rings. The van der Waals surface area contributed by atoms with Crippen molar-refractivity contribution in [2.45, 2.75) is 6.04 Å². The van der Waals surface area contributed by atoms with E-state index in [1.165, 1.54) is 6.33 Å². The molecule has 7 heteroatoms. The largest absolute Gasteiger partial charge is 0.495 e. The molecular formula is C10H12ClN5O. The number of H-pyrrole nitrogens is 1. The van der Waals surface area contributed by atoms with E-state index in [-0.39, 0.29) is 6.04 Å². The average molecular weight is 254 g/mol. The lowest BCUT2D eigenvalue weighted by Crippen LogP contribution is -2.29. The molecule has 4 N–H and O–H groups in total. The van der Waals surface area contributed by atoms with Gasteiger partial charge >= 0.3 is 0 Å². The van der Waals surface area contributed by atoms with E-state index in [2.05, 4.69) is 20.6 Å². The Morgan fingerprint density at radius 3 is 2.94 bits per heavy atom. The van der Waals surface area contributed by atoms with Crippen LogP contribution in [0.25, 0.3) is 0 Å². The highest BCUT2D eigenvalue weighted by Gasteiger charge is 2.16. The van der Waals surface area contributed by atoms with E-state index >= 15 is 0 Å². The topological polar surface area (TPSA) is 88.8 Å². The number of ether oxygens (including phenoxy) is 1. The predicted octanol–water partition coefficient (Wildman–Crippen LogP) is 1.02. The van der Waals surface area contributed by atoms with Gasteiger partial charge in [-0.15, -0.1) is 0 Å². The number of aromatic nitrogens is 3. The van der Waals surface area contributed by atoms with Crippen molar-refractivity contribution in [3.05, 3.63) is 40.9 Å². The maximum atomic E-state index is 5.96. The molecule has 2 aromatic rings. The predicted molar refractivity (Wildman–Crippen MR) is 63.6 cm³/mol. The number of nitrogens with one attached hydrogen (secondary N) is 2. The monoisotopic (exact) mass is 253 g/mol. The molecule has 1 atom stereocenters. The van der Waals surface area contributed by atoms with Gasteiger partial charge in [-0.25, -0.2) is 10.4 Å². The van der Waals surface area contributed by atoms with Crippen LogP contribution in [0.15, 0.2) is 24.5 Å². The first kappa shape index (κ1) is 11.8. The Kier molecular flexibility index (Phi) is 3.58. The standard InChI is InChI=1S/C10H12ClN5O/c1-17-8-4-6(2-3-7(8)11)9(15-12)10-13-5-14-16-10/h2-5,9,15H,12H2,1H3,(H,13,14,16). The van der Waals surface area contributed by atoms with E-state index in [4.69, 9.17) is 22.2 Å². The zero-order valence-electron chi connectivity index (χ0n) is 9.14. The van der Waals surface area contributed by atoms with E-state index in [0.717, 1.165) is 5.56 Å². The highest BCUT2D eigenvalue weighted by molar-refractivity contribution is 6.32. The van der Waals surface area contributed by atoms with Crippen LogP contribution >= 0.6 is 11.6 Å². The maximum absolute atomic E-state index is 5.96. The van der Waals surface area contributed by atoms with Crippen molar-refractivity contribution >= 4 is 11.6 Å². The van der Waals surface area contributed by atoms with Gasteiger partial charge in [0, 0.05) is 0 Å². The molecule has 1 heterocycles. The van der Waals surface area contributed by atoms with Crippen LogP contribution in [0.1, 0.15) is 17.4 Å². The molecule has 0 radical (unpaired) electrons. The Balaban J connectivity index is 2.38. The number of nitrogens with two attached hydrogens (primary N) is 1. The van der Waals surface area contributed by atoms with Crippen molar-refractivity contribution in [3.63, 3.8) is 0 Å². The van der Waals surface area contributed by atoms with E-state index in [9.17, 15) is 0 Å². The second-order valence-electron chi connectivity index (χ2n) is 3.36. The van der Waals surface area contributed by atoms with Gasteiger partial charge in [0.25, 0.3) is 0 Å². The van der Waals surface area contributed by atoms with Crippen molar-refractivity contribution in [1.82, 2.24) is 20.6 Å². The van der Waals surface area contributed by atoms with Crippen LogP contribution in [0.4, 0.5) is 0 Å². The smallest absolute Gasteiger partial charge is 0.147 e. The molecule has 0 aliphatic heterocycles. The molecule has 0 saturated heterocycles. The van der Waals surface area contributed by atoms with Crippen LogP contribution in [0, 0.1) is 0 Å². The molecular weight excluding hydrogens is 242 g/mol. The molecule has 1 aromatic heterocycles. The number of nitrogens with zero attached hydrogens (tertiary/aromatic N) is 2. The summed E-state index contributed by atoms with van der Waals surface area (Å²) in [6.07, 6.45) is 1.42. The summed E-state index contributed by atoms with van der Waals surface area (Å²) >= 11 is 5.96. The second kappa shape index (κ2) is 5.13. The quantitative estimate of drug-likeness (QED) is 0.559. The Hall–Kier alpha value is -1.63. The first-order chi connectivity index (χ1) is 8.26. The minimum absolute atomic E-state index is 0.288. The minimum atomic E-state index is -0.288. The van der Waals surface area contributed by atoms with Gasteiger partial charge in [-0.3, -0.25) is 10.9 Å². The van der Waals surface area contributed by atoms with Gasteiger partial charge < -0.3 is 4.74 Å². The van der Waals surface area contributed by atoms with E-state index in [0.29, 0.717) is 16.6 Å². The van der Waals surface area contributed by atoms with Crippen LogP contribution in [-0.4, -0.2) is 22.3 Å². The van der Waals surface area contributed by atoms with Crippen molar-refractivity contribution in [2.75, 3.05) is 7.11 Å². The summed E-state index contributed by atoms with van der Waals surface area (Å²) in [7, 11) is 1.56. The van der Waals surface area contributed by atoms with E-state index in [1.807, 2.05) is 6.07 Å². The van der Waals surface area contributed by atoms with Gasteiger partial charge in [-0.05, 0) is 17.7 Å². The SMILES string of the molecule is COc1cc(C(NN)c2ncn[nH]2)ccc1Cl. The zero-order valence-corrected chi connectivity index (χ0v) is 9.90. The van der Waals surface area contributed by atoms with Gasteiger partial charge in [-0.1, -0.05) is 17.7 Å². The van der Waals surface area contributed by atoms with Crippen molar-refractivity contribution in [1.29, 1.82) is 0 Å². The van der Waals surface area contributed by atoms with Crippen LogP contribution in [0.5, 0.6) is 5.75 Å². The molecule has 90 valence electrons. The summed E-state index contributed by atoms with van der Waals surface area (Å²) in [4.78, 5) is 4.06. The summed E-state index contributed by atoms with van der Waals surface area (Å²) in [5.74, 6) is 6.72. The van der Waals surface area contributed by atoms with Crippen molar-refractivity contribution in [3.8, 4) is 5.75 Å². The Labute approximate surface area is 103 Å². The third-order valence-electron chi connectivity index (χ3n) is 2.38. The normalized spacial score (nSPS) is 12.4. The molecule has 0 aliphatic rings. The number of aromatic amines is 1. The summed E-state index contributed by atoms with van der Waals surface area (Å²) < 4.78 is 5.15. The third kappa shape index (κ3) is 2.38. The molecule has 6 nitrogen and oxygen atoms in total. The van der Waals surface area contributed by atoms with Crippen LogP contribution in [-0.2, 0) is 0 Å². The molecule has 0 aliphatic carbocycles. The third-order valence-corrected chi connectivity index (χ3v) is 2.69. The maximum Gasteiger partial charge on any atom is 0.147 e. The van der Waals surface area contributed by atoms with Gasteiger partial charge in [0.2, 0.25) is 0 Å². The molecule has 0 saturated carbocycles. The minimum Gasteiger partial charge on any atom is -0.495 e. The second-order valence-corrected chi connectivity index (χ2v) is 3.77. The fraction of sp³-hybridized carbons (Fsp3) is 0.200. The highest BCUT2D eigenvalue weighted by atomic mass is 35.5. The molecule has 1 aromatic carbocycles. The van der Waals surface area contributed by atoms with Gasteiger partial charge in [0.1, 0.15) is 23.9 Å². The van der Waals surface area contributed by atoms with Gasteiger partial charge in [0.15, 0.2) is 0 Å². The summed E-state index contributed by atoms with van der Waals surface area (Å²) in [6, 6.07) is 5.10. The van der Waals surface area contributed by atoms with E-state index < -0.39 is 0 Å². The molecule has 2 rings (SSSR count). The van der Waals surface area contributed by atoms with Crippen molar-refractivity contribution in [2.24, 2.45) is 5.84 Å². The van der Waals surface area contributed by atoms with Crippen LogP contribution < -0.4 is 16.0 Å². The number of methoxy groups -OCH3 is 1. The molecule has 1 unspecified atom stereocenters. The summed E-state index contributed by atoms with van der Waals surface area (Å²) in [5.41, 5.74) is 3.54. The number of hydrazine groups is 1. The first-order valence-corrected chi connectivity index (χ1v) is 5.29. The van der Waals surface area contributed by atoms with Gasteiger partial charge in [-0.2, -0.15) is 5.10 Å². The van der Waals surface area contributed by atoms with Crippen LogP contribution in [0.2, 0.25) is 5.02 Å². The van der Waals surface area contributed by atoms with E-state index in [1.54, 1.807) is 19.2 Å². The zero-order chi connectivity index (χ0) is 12.3. The first-order valence-electron chi connectivity index (χ1n) is 4.91. The average Bonchev–Trinajstić information content (AvgIpc) is 2.86. The fourth-order valence-electron chi connectivity index (χ4n) is 1.54. The Morgan fingerprint density at radius 2 is 2.35 bits per heavy atom. The molecule has 0 bridgehead atoms. The van der Waals surface area contributed by atoms with Gasteiger partial charge in [0.05, 0.1) is 12.1 Å². The lowest BCUT2D eigenvalue weighted by Gasteiger charge is -2.14. The molecule has 17 heavy (non-hydrogen) atoms. The molecule has 0 amide bonds. The lowest BCUT2D eigenvalue weighted by molar-refractivity contribution is 0.413. The van der Waals surface area contributed by atoms with Crippen molar-refractivity contribution < 1.29 is 4.74 Å².